The SMILES string of the molecule is CCCN(CC(=O)OC)S(=O)(=O)c1ccc(N2CCCC2=O)cc1C. The number of ether oxygens (including phenoxy) is 1. The van der Waals surface area contributed by atoms with Crippen LogP contribution in [0.5, 0.6) is 0 Å². The Labute approximate surface area is 148 Å². The van der Waals surface area contributed by atoms with Crippen LogP contribution in [0.25, 0.3) is 0 Å². The van der Waals surface area contributed by atoms with Crippen LogP contribution in [0.3, 0.4) is 0 Å². The summed E-state index contributed by atoms with van der Waals surface area (Å²) in [4.78, 5) is 25.2. The van der Waals surface area contributed by atoms with Crippen LogP contribution in [0.15, 0.2) is 23.1 Å². The van der Waals surface area contributed by atoms with E-state index in [1.54, 1.807) is 24.0 Å². The predicted octanol–water partition coefficient (Wildman–Crippen LogP) is 1.70. The first kappa shape index (κ1) is 19.4. The number of hydrogen-bond acceptors (Lipinski definition) is 5. The molecule has 1 saturated heterocycles. The van der Waals surface area contributed by atoms with Gasteiger partial charge in [0, 0.05) is 25.2 Å². The third-order valence-electron chi connectivity index (χ3n) is 4.17. The molecule has 0 bridgehead atoms. The Bertz CT molecular complexity index is 760. The van der Waals surface area contributed by atoms with Gasteiger partial charge in [-0.15, -0.1) is 0 Å². The zero-order valence-electron chi connectivity index (χ0n) is 14.8. The van der Waals surface area contributed by atoms with E-state index >= 15 is 0 Å². The van der Waals surface area contributed by atoms with Crippen molar-refractivity contribution < 1.29 is 22.7 Å². The average Bonchev–Trinajstić information content (AvgIpc) is 2.99. The molecule has 1 aromatic rings. The molecule has 1 fully saturated rings. The molecule has 7 nitrogen and oxygen atoms in total. The van der Waals surface area contributed by atoms with Gasteiger partial charge in [0.1, 0.15) is 6.54 Å². The molecule has 25 heavy (non-hydrogen) atoms. The molecular weight excluding hydrogens is 344 g/mol. The van der Waals surface area contributed by atoms with E-state index in [-0.39, 0.29) is 23.9 Å². The van der Waals surface area contributed by atoms with Crippen molar-refractivity contribution >= 4 is 27.6 Å². The number of carbonyl (C=O) groups excluding carboxylic acids is 2. The molecule has 1 aliphatic rings. The van der Waals surface area contributed by atoms with Crippen molar-refractivity contribution in [3.05, 3.63) is 23.8 Å². The molecule has 0 aromatic heterocycles. The van der Waals surface area contributed by atoms with E-state index in [9.17, 15) is 18.0 Å². The lowest BCUT2D eigenvalue weighted by molar-refractivity contribution is -0.140. The minimum Gasteiger partial charge on any atom is -0.468 e. The van der Waals surface area contributed by atoms with E-state index in [1.807, 2.05) is 6.92 Å². The Morgan fingerprint density at radius 2 is 2.08 bits per heavy atom. The van der Waals surface area contributed by atoms with Crippen molar-refractivity contribution in [1.82, 2.24) is 4.31 Å². The summed E-state index contributed by atoms with van der Waals surface area (Å²) in [6, 6.07) is 4.86. The van der Waals surface area contributed by atoms with Gasteiger partial charge in [-0.25, -0.2) is 8.42 Å². The first-order valence-electron chi connectivity index (χ1n) is 8.29. The van der Waals surface area contributed by atoms with E-state index in [2.05, 4.69) is 4.74 Å². The number of aryl methyl sites for hydroxylation is 1. The van der Waals surface area contributed by atoms with Crippen LogP contribution >= 0.6 is 0 Å². The highest BCUT2D eigenvalue weighted by Gasteiger charge is 2.29. The van der Waals surface area contributed by atoms with Crippen molar-refractivity contribution in [2.45, 2.75) is 38.0 Å². The number of methoxy groups -OCH3 is 1. The summed E-state index contributed by atoms with van der Waals surface area (Å²) < 4.78 is 31.6. The number of hydrogen-bond donors (Lipinski definition) is 0. The predicted molar refractivity (Wildman–Crippen MR) is 93.8 cm³/mol. The minimum atomic E-state index is -3.82. The summed E-state index contributed by atoms with van der Waals surface area (Å²) in [5, 5.41) is 0. The summed E-state index contributed by atoms with van der Waals surface area (Å²) in [5.41, 5.74) is 1.25. The minimum absolute atomic E-state index is 0.0494. The van der Waals surface area contributed by atoms with Gasteiger partial charge in [0.2, 0.25) is 15.9 Å². The number of amides is 1. The fourth-order valence-corrected chi connectivity index (χ4v) is 4.58. The summed E-state index contributed by atoms with van der Waals surface area (Å²) in [5.74, 6) is -0.553. The van der Waals surface area contributed by atoms with Gasteiger partial charge in [0.15, 0.2) is 0 Å². The van der Waals surface area contributed by atoms with Crippen molar-refractivity contribution in [2.75, 3.05) is 31.6 Å². The number of esters is 1. The van der Waals surface area contributed by atoms with Gasteiger partial charge >= 0.3 is 5.97 Å². The Hall–Kier alpha value is -1.93. The molecule has 1 heterocycles. The molecule has 0 spiro atoms. The number of benzene rings is 1. The molecule has 2 rings (SSSR count). The van der Waals surface area contributed by atoms with E-state index in [4.69, 9.17) is 0 Å². The molecule has 0 aliphatic carbocycles. The zero-order chi connectivity index (χ0) is 18.6. The molecular formula is C17H24N2O5S. The smallest absolute Gasteiger partial charge is 0.321 e. The molecule has 0 radical (unpaired) electrons. The topological polar surface area (TPSA) is 84.0 Å². The molecule has 1 amide bonds. The lowest BCUT2D eigenvalue weighted by Crippen LogP contribution is -2.37. The second kappa shape index (κ2) is 7.97. The second-order valence-electron chi connectivity index (χ2n) is 6.01. The third-order valence-corrected chi connectivity index (χ3v) is 6.17. The third kappa shape index (κ3) is 4.19. The summed E-state index contributed by atoms with van der Waals surface area (Å²) in [7, 11) is -2.60. The van der Waals surface area contributed by atoms with Crippen LogP contribution in [0.4, 0.5) is 5.69 Å². The second-order valence-corrected chi connectivity index (χ2v) is 7.92. The van der Waals surface area contributed by atoms with Gasteiger partial charge in [-0.3, -0.25) is 9.59 Å². The van der Waals surface area contributed by atoms with Crippen molar-refractivity contribution in [3.63, 3.8) is 0 Å². The Balaban J connectivity index is 2.34. The number of rotatable bonds is 7. The van der Waals surface area contributed by atoms with Gasteiger partial charge < -0.3 is 9.64 Å². The van der Waals surface area contributed by atoms with Crippen LogP contribution in [0.1, 0.15) is 31.7 Å². The zero-order valence-corrected chi connectivity index (χ0v) is 15.6. The number of anilines is 1. The summed E-state index contributed by atoms with van der Waals surface area (Å²) >= 11 is 0. The van der Waals surface area contributed by atoms with Gasteiger partial charge in [-0.1, -0.05) is 6.92 Å². The van der Waals surface area contributed by atoms with Crippen molar-refractivity contribution in [1.29, 1.82) is 0 Å². The lowest BCUT2D eigenvalue weighted by atomic mass is 10.2. The first-order valence-corrected chi connectivity index (χ1v) is 9.73. The van der Waals surface area contributed by atoms with E-state index < -0.39 is 16.0 Å². The quantitative estimate of drug-likeness (QED) is 0.684. The van der Waals surface area contributed by atoms with Crippen LogP contribution in [-0.4, -0.2) is 51.3 Å². The maximum Gasteiger partial charge on any atom is 0.321 e. The average molecular weight is 368 g/mol. The highest BCUT2D eigenvalue weighted by atomic mass is 32.2. The Kier molecular flexibility index (Phi) is 6.18. The normalized spacial score (nSPS) is 15.0. The number of nitrogens with zero attached hydrogens (tertiary/aromatic N) is 2. The van der Waals surface area contributed by atoms with Crippen molar-refractivity contribution in [2.24, 2.45) is 0 Å². The van der Waals surface area contributed by atoms with Crippen LogP contribution in [0, 0.1) is 6.92 Å². The first-order chi connectivity index (χ1) is 11.8. The lowest BCUT2D eigenvalue weighted by Gasteiger charge is -2.23. The molecule has 0 atom stereocenters. The standard InChI is InChI=1S/C17H24N2O5S/c1-4-9-18(12-17(21)24-3)25(22,23)15-8-7-14(11-13(15)2)19-10-5-6-16(19)20/h7-8,11H,4-6,9-10,12H2,1-3H3. The largest absolute Gasteiger partial charge is 0.468 e. The van der Waals surface area contributed by atoms with Gasteiger partial charge in [-0.05, 0) is 43.5 Å². The fraction of sp³-hybridized carbons (Fsp3) is 0.529. The molecule has 0 saturated carbocycles. The maximum absolute atomic E-state index is 12.9. The number of sulfonamides is 1. The summed E-state index contributed by atoms with van der Waals surface area (Å²) in [6.07, 6.45) is 1.90. The van der Waals surface area contributed by atoms with E-state index in [0.29, 0.717) is 30.6 Å². The molecule has 0 N–H and O–H groups in total. The monoisotopic (exact) mass is 368 g/mol. The van der Waals surface area contributed by atoms with Gasteiger partial charge in [0.05, 0.1) is 12.0 Å². The van der Waals surface area contributed by atoms with Crippen LogP contribution in [-0.2, 0) is 24.3 Å². The molecule has 1 aliphatic heterocycles. The summed E-state index contributed by atoms with van der Waals surface area (Å²) in [6.45, 7) is 4.09. The highest BCUT2D eigenvalue weighted by Crippen LogP contribution is 2.27. The maximum atomic E-state index is 12.9. The fourth-order valence-electron chi connectivity index (χ4n) is 2.89. The van der Waals surface area contributed by atoms with Gasteiger partial charge in [0.25, 0.3) is 0 Å². The van der Waals surface area contributed by atoms with E-state index in [0.717, 1.165) is 10.7 Å². The van der Waals surface area contributed by atoms with E-state index in [1.165, 1.54) is 13.2 Å². The molecule has 138 valence electrons. The molecule has 8 heteroatoms. The Morgan fingerprint density at radius 3 is 2.60 bits per heavy atom. The van der Waals surface area contributed by atoms with Crippen LogP contribution < -0.4 is 4.90 Å². The highest BCUT2D eigenvalue weighted by molar-refractivity contribution is 7.89. The van der Waals surface area contributed by atoms with Crippen LogP contribution in [0.2, 0.25) is 0 Å². The molecule has 1 aromatic carbocycles. The molecule has 0 unspecified atom stereocenters. The van der Waals surface area contributed by atoms with Gasteiger partial charge in [-0.2, -0.15) is 4.31 Å². The number of carbonyl (C=O) groups is 2. The van der Waals surface area contributed by atoms with Crippen molar-refractivity contribution in [3.8, 4) is 0 Å². The Morgan fingerprint density at radius 1 is 1.36 bits per heavy atom.